The van der Waals surface area contributed by atoms with Gasteiger partial charge in [-0.3, -0.25) is 9.78 Å². The van der Waals surface area contributed by atoms with Crippen molar-refractivity contribution in [2.24, 2.45) is 5.73 Å². The Morgan fingerprint density at radius 1 is 1.25 bits per heavy atom. The number of hydrogen-bond donors (Lipinski definition) is 1. The summed E-state index contributed by atoms with van der Waals surface area (Å²) in [5.41, 5.74) is 7.39. The van der Waals surface area contributed by atoms with Crippen molar-refractivity contribution in [3.8, 4) is 16.2 Å². The average molecular weight is 359 g/mol. The highest BCUT2D eigenvalue weighted by Gasteiger charge is 2.16. The van der Waals surface area contributed by atoms with Gasteiger partial charge in [-0.1, -0.05) is 35.9 Å². The first-order valence-corrected chi connectivity index (χ1v) is 8.55. The fourth-order valence-electron chi connectivity index (χ4n) is 2.28. The number of nitrogens with two attached hydrogens (primary N) is 1. The van der Waals surface area contributed by atoms with Crippen LogP contribution in [-0.4, -0.2) is 17.5 Å². The smallest absolute Gasteiger partial charge is 0.262 e. The van der Waals surface area contributed by atoms with Crippen molar-refractivity contribution in [3.05, 3.63) is 70.3 Å². The predicted molar refractivity (Wildman–Crippen MR) is 96.7 cm³/mol. The van der Waals surface area contributed by atoms with Crippen LogP contribution >= 0.6 is 22.9 Å². The number of rotatable bonds is 6. The van der Waals surface area contributed by atoms with Crippen molar-refractivity contribution >= 4 is 28.8 Å². The maximum absolute atomic E-state index is 11.7. The number of amides is 1. The average Bonchev–Trinajstić information content (AvgIpc) is 3.02. The third-order valence-corrected chi connectivity index (χ3v) is 5.00. The second-order valence-electron chi connectivity index (χ2n) is 5.10. The Bertz CT molecular complexity index is 849. The van der Waals surface area contributed by atoms with Crippen LogP contribution in [-0.2, 0) is 6.42 Å². The molecule has 1 amide bonds. The maximum atomic E-state index is 11.7. The quantitative estimate of drug-likeness (QED) is 0.718. The Morgan fingerprint density at radius 2 is 2.08 bits per heavy atom. The van der Waals surface area contributed by atoms with E-state index in [1.54, 1.807) is 12.4 Å². The molecule has 0 aliphatic carbocycles. The number of aromatic nitrogens is 1. The molecule has 0 saturated heterocycles. The molecule has 0 fully saturated rings. The Balaban J connectivity index is 1.76. The Kier molecular flexibility index (Phi) is 5.13. The van der Waals surface area contributed by atoms with Gasteiger partial charge in [0.25, 0.3) is 5.91 Å². The third kappa shape index (κ3) is 3.75. The summed E-state index contributed by atoms with van der Waals surface area (Å²) in [6, 6.07) is 13.2. The van der Waals surface area contributed by atoms with Crippen molar-refractivity contribution < 1.29 is 9.53 Å². The Labute approximate surface area is 148 Å². The summed E-state index contributed by atoms with van der Waals surface area (Å²) in [6.45, 7) is 0.410. The minimum atomic E-state index is -0.497. The van der Waals surface area contributed by atoms with E-state index < -0.39 is 5.91 Å². The summed E-state index contributed by atoms with van der Waals surface area (Å²) >= 11 is 7.44. The zero-order valence-electron chi connectivity index (χ0n) is 12.7. The van der Waals surface area contributed by atoms with Crippen molar-refractivity contribution in [3.63, 3.8) is 0 Å². The van der Waals surface area contributed by atoms with E-state index in [-0.39, 0.29) is 0 Å². The number of benzene rings is 1. The van der Waals surface area contributed by atoms with E-state index in [1.807, 2.05) is 42.5 Å². The van der Waals surface area contributed by atoms with Crippen LogP contribution in [0.1, 0.15) is 15.2 Å². The molecule has 6 heteroatoms. The summed E-state index contributed by atoms with van der Waals surface area (Å²) in [5, 5.41) is 0.706. The molecule has 0 radical (unpaired) electrons. The molecule has 0 aliphatic rings. The molecule has 0 aliphatic heterocycles. The lowest BCUT2D eigenvalue weighted by molar-refractivity contribution is 0.100. The number of halogens is 1. The van der Waals surface area contributed by atoms with E-state index >= 15 is 0 Å². The molecule has 122 valence electrons. The predicted octanol–water partition coefficient (Wildman–Crippen LogP) is 4.18. The minimum Gasteiger partial charge on any atom is -0.491 e. The molecule has 0 bridgehead atoms. The van der Waals surface area contributed by atoms with Gasteiger partial charge in [0, 0.05) is 34.3 Å². The van der Waals surface area contributed by atoms with Crippen LogP contribution in [0.4, 0.5) is 0 Å². The fourth-order valence-corrected chi connectivity index (χ4v) is 3.45. The van der Waals surface area contributed by atoms with Crippen LogP contribution < -0.4 is 10.5 Å². The first kappa shape index (κ1) is 16.5. The molecule has 0 saturated carbocycles. The molecule has 0 atom stereocenters. The maximum Gasteiger partial charge on any atom is 0.262 e. The van der Waals surface area contributed by atoms with Crippen molar-refractivity contribution in [2.75, 3.05) is 6.61 Å². The van der Waals surface area contributed by atoms with E-state index in [1.165, 1.54) is 11.3 Å². The van der Waals surface area contributed by atoms with Gasteiger partial charge in [0.1, 0.15) is 10.6 Å². The topological polar surface area (TPSA) is 65.2 Å². The lowest BCUT2D eigenvalue weighted by atomic mass is 10.2. The largest absolute Gasteiger partial charge is 0.491 e. The molecule has 4 nitrogen and oxygen atoms in total. The number of thiophene rings is 1. The van der Waals surface area contributed by atoms with Crippen molar-refractivity contribution in [1.82, 2.24) is 4.98 Å². The fraction of sp³-hybridized carbons (Fsp3) is 0.111. The van der Waals surface area contributed by atoms with E-state index in [0.29, 0.717) is 28.7 Å². The van der Waals surface area contributed by atoms with Gasteiger partial charge in [0.2, 0.25) is 0 Å². The normalized spacial score (nSPS) is 10.5. The van der Waals surface area contributed by atoms with Gasteiger partial charge in [0.05, 0.1) is 6.61 Å². The van der Waals surface area contributed by atoms with E-state index in [9.17, 15) is 4.79 Å². The summed E-state index contributed by atoms with van der Waals surface area (Å²) in [5.74, 6) is 0.00119. The molecule has 2 aromatic heterocycles. The highest BCUT2D eigenvalue weighted by Crippen LogP contribution is 2.35. The summed E-state index contributed by atoms with van der Waals surface area (Å²) < 4.78 is 5.79. The molecule has 2 N–H and O–H groups in total. The summed E-state index contributed by atoms with van der Waals surface area (Å²) in [4.78, 5) is 17.1. The first-order valence-electron chi connectivity index (χ1n) is 7.35. The second-order valence-corrected chi connectivity index (χ2v) is 6.56. The number of carbonyl (C=O) groups is 1. The van der Waals surface area contributed by atoms with Crippen LogP contribution in [0.3, 0.4) is 0 Å². The molecule has 1 aromatic carbocycles. The second kappa shape index (κ2) is 7.47. The number of carbonyl (C=O) groups excluding carboxylic acids is 1. The van der Waals surface area contributed by atoms with Gasteiger partial charge in [-0.15, -0.1) is 11.3 Å². The molecule has 3 rings (SSSR count). The van der Waals surface area contributed by atoms with Crippen LogP contribution in [0, 0.1) is 0 Å². The molecule has 3 aromatic rings. The highest BCUT2D eigenvalue weighted by molar-refractivity contribution is 7.17. The van der Waals surface area contributed by atoms with Gasteiger partial charge in [0.15, 0.2) is 0 Å². The van der Waals surface area contributed by atoms with E-state index in [4.69, 9.17) is 22.1 Å². The monoisotopic (exact) mass is 358 g/mol. The zero-order chi connectivity index (χ0) is 16.9. The molecule has 0 unspecified atom stereocenters. The van der Waals surface area contributed by atoms with Gasteiger partial charge in [-0.2, -0.15) is 0 Å². The number of pyridine rings is 1. The van der Waals surface area contributed by atoms with E-state index in [0.717, 1.165) is 16.0 Å². The molecule has 24 heavy (non-hydrogen) atoms. The summed E-state index contributed by atoms with van der Waals surface area (Å²) in [6.07, 6.45) is 4.09. The molecular formula is C18H15ClN2O2S. The van der Waals surface area contributed by atoms with Crippen molar-refractivity contribution in [2.45, 2.75) is 6.42 Å². The number of ether oxygens (including phenoxy) is 1. The van der Waals surface area contributed by atoms with E-state index in [2.05, 4.69) is 4.98 Å². The van der Waals surface area contributed by atoms with Gasteiger partial charge >= 0.3 is 0 Å². The zero-order valence-corrected chi connectivity index (χ0v) is 14.3. The molecular weight excluding hydrogens is 344 g/mol. The van der Waals surface area contributed by atoms with Gasteiger partial charge < -0.3 is 10.5 Å². The van der Waals surface area contributed by atoms with Crippen LogP contribution in [0.25, 0.3) is 10.4 Å². The minimum absolute atomic E-state index is 0.410. The highest BCUT2D eigenvalue weighted by atomic mass is 35.5. The Hall–Kier alpha value is -2.37. The lowest BCUT2D eigenvalue weighted by Crippen LogP contribution is -2.11. The number of nitrogens with zero attached hydrogens (tertiary/aromatic N) is 1. The Morgan fingerprint density at radius 3 is 2.79 bits per heavy atom. The first-order chi connectivity index (χ1) is 11.6. The standard InChI is InChI=1S/C18H15ClN2O2S/c19-14-6-2-1-4-12(14)7-9-23-15-10-16(24-17(15)18(20)22)13-5-3-8-21-11-13/h1-6,8,10-11H,7,9H2,(H2,20,22). The summed E-state index contributed by atoms with van der Waals surface area (Å²) in [7, 11) is 0. The molecule has 2 heterocycles. The van der Waals surface area contributed by atoms with Gasteiger partial charge in [-0.05, 0) is 23.8 Å². The number of hydrogen-bond acceptors (Lipinski definition) is 4. The third-order valence-electron chi connectivity index (χ3n) is 3.45. The van der Waals surface area contributed by atoms with Crippen LogP contribution in [0.2, 0.25) is 5.02 Å². The molecule has 0 spiro atoms. The SMILES string of the molecule is NC(=O)c1sc(-c2cccnc2)cc1OCCc1ccccc1Cl. The van der Waals surface area contributed by atoms with Gasteiger partial charge in [-0.25, -0.2) is 0 Å². The number of primary amides is 1. The van der Waals surface area contributed by atoms with Crippen LogP contribution in [0.15, 0.2) is 54.9 Å². The van der Waals surface area contributed by atoms with Crippen LogP contribution in [0.5, 0.6) is 5.75 Å². The van der Waals surface area contributed by atoms with Crippen molar-refractivity contribution in [1.29, 1.82) is 0 Å². The lowest BCUT2D eigenvalue weighted by Gasteiger charge is -2.07.